The second kappa shape index (κ2) is 7.13. The molecule has 1 aliphatic heterocycles. The lowest BCUT2D eigenvalue weighted by Gasteiger charge is -2.27. The summed E-state index contributed by atoms with van der Waals surface area (Å²) in [4.78, 5) is 13.9. The van der Waals surface area contributed by atoms with E-state index >= 15 is 0 Å². The van der Waals surface area contributed by atoms with Gasteiger partial charge in [-0.15, -0.1) is 0 Å². The van der Waals surface area contributed by atoms with Crippen LogP contribution in [0.25, 0.3) is 0 Å². The van der Waals surface area contributed by atoms with Crippen LogP contribution in [-0.2, 0) is 9.47 Å². The molecular formula is C15H29NO3. The number of ether oxygens (including phenoxy) is 2. The fraction of sp³-hybridized carbons (Fsp3) is 0.933. The molecule has 0 spiro atoms. The predicted octanol–water partition coefficient (Wildman–Crippen LogP) is 3.80. The smallest absolute Gasteiger partial charge is 0.412 e. The van der Waals surface area contributed by atoms with Crippen LogP contribution in [0.4, 0.5) is 4.79 Å². The molecule has 2 atom stereocenters. The van der Waals surface area contributed by atoms with Crippen LogP contribution in [-0.4, -0.2) is 36.5 Å². The van der Waals surface area contributed by atoms with Gasteiger partial charge < -0.3 is 9.47 Å². The monoisotopic (exact) mass is 271 g/mol. The van der Waals surface area contributed by atoms with Crippen LogP contribution in [0.3, 0.4) is 0 Å². The molecule has 0 aromatic carbocycles. The van der Waals surface area contributed by atoms with Crippen molar-refractivity contribution in [3.63, 3.8) is 0 Å². The average Bonchev–Trinajstić information content (AvgIpc) is 2.70. The number of rotatable bonds is 5. The molecule has 0 radical (unpaired) electrons. The van der Waals surface area contributed by atoms with E-state index in [1.807, 2.05) is 20.8 Å². The Labute approximate surface area is 117 Å². The molecule has 2 unspecified atom stereocenters. The first kappa shape index (κ1) is 16.3. The molecule has 0 aliphatic carbocycles. The van der Waals surface area contributed by atoms with E-state index in [9.17, 15) is 4.79 Å². The highest BCUT2D eigenvalue weighted by Gasteiger charge is 2.37. The number of methoxy groups -OCH3 is 1. The van der Waals surface area contributed by atoms with Gasteiger partial charge >= 0.3 is 6.09 Å². The molecular weight excluding hydrogens is 242 g/mol. The van der Waals surface area contributed by atoms with Crippen LogP contribution in [0, 0.1) is 5.92 Å². The molecule has 0 bridgehead atoms. The third-order valence-corrected chi connectivity index (χ3v) is 3.45. The number of carbonyl (C=O) groups excluding carboxylic acids is 1. The molecule has 112 valence electrons. The summed E-state index contributed by atoms with van der Waals surface area (Å²) in [5.41, 5.74) is -0.449. The third-order valence-electron chi connectivity index (χ3n) is 3.45. The lowest BCUT2D eigenvalue weighted by molar-refractivity contribution is -0.0305. The zero-order valence-corrected chi connectivity index (χ0v) is 13.1. The highest BCUT2D eigenvalue weighted by Crippen LogP contribution is 2.29. The van der Waals surface area contributed by atoms with Crippen LogP contribution >= 0.6 is 0 Å². The van der Waals surface area contributed by atoms with Crippen molar-refractivity contribution in [3.05, 3.63) is 0 Å². The zero-order valence-electron chi connectivity index (χ0n) is 13.1. The minimum atomic E-state index is -0.449. The number of likely N-dealkylation sites (tertiary alicyclic amines) is 1. The number of unbranched alkanes of at least 4 members (excludes halogenated alkanes) is 2. The first-order valence-electron chi connectivity index (χ1n) is 7.39. The van der Waals surface area contributed by atoms with Gasteiger partial charge in [-0.2, -0.15) is 0 Å². The Morgan fingerprint density at radius 3 is 2.53 bits per heavy atom. The molecule has 0 aromatic rings. The van der Waals surface area contributed by atoms with E-state index in [1.165, 1.54) is 25.7 Å². The van der Waals surface area contributed by atoms with Crippen molar-refractivity contribution in [2.45, 2.75) is 71.6 Å². The summed E-state index contributed by atoms with van der Waals surface area (Å²) in [6.45, 7) is 8.64. The predicted molar refractivity (Wildman–Crippen MR) is 76.0 cm³/mol. The van der Waals surface area contributed by atoms with Crippen molar-refractivity contribution in [1.82, 2.24) is 4.90 Å². The molecule has 4 heteroatoms. The lowest BCUT2D eigenvalue weighted by atomic mass is 10.0. The van der Waals surface area contributed by atoms with Crippen molar-refractivity contribution in [3.8, 4) is 0 Å². The van der Waals surface area contributed by atoms with Crippen molar-refractivity contribution in [2.75, 3.05) is 13.7 Å². The molecule has 4 nitrogen and oxygen atoms in total. The van der Waals surface area contributed by atoms with Crippen LogP contribution < -0.4 is 0 Å². The van der Waals surface area contributed by atoms with E-state index in [-0.39, 0.29) is 12.3 Å². The maximum atomic E-state index is 12.1. The van der Waals surface area contributed by atoms with E-state index in [4.69, 9.17) is 9.47 Å². The fourth-order valence-corrected chi connectivity index (χ4v) is 2.51. The van der Waals surface area contributed by atoms with Crippen LogP contribution in [0.1, 0.15) is 59.8 Å². The summed E-state index contributed by atoms with van der Waals surface area (Å²) >= 11 is 0. The number of hydrogen-bond acceptors (Lipinski definition) is 3. The van der Waals surface area contributed by atoms with Gasteiger partial charge in [0.25, 0.3) is 0 Å². The van der Waals surface area contributed by atoms with Crippen molar-refractivity contribution < 1.29 is 14.3 Å². The van der Waals surface area contributed by atoms with Gasteiger partial charge in [0.15, 0.2) is 0 Å². The second-order valence-electron chi connectivity index (χ2n) is 6.42. The van der Waals surface area contributed by atoms with Gasteiger partial charge in [0.2, 0.25) is 0 Å². The maximum absolute atomic E-state index is 12.1. The quantitative estimate of drug-likeness (QED) is 0.714. The molecule has 0 N–H and O–H groups in total. The van der Waals surface area contributed by atoms with E-state index in [0.29, 0.717) is 5.92 Å². The molecule has 1 saturated heterocycles. The molecule has 1 heterocycles. The molecule has 0 aromatic heterocycles. The van der Waals surface area contributed by atoms with E-state index in [2.05, 4.69) is 6.92 Å². The summed E-state index contributed by atoms with van der Waals surface area (Å²) in [7, 11) is 1.66. The van der Waals surface area contributed by atoms with Crippen molar-refractivity contribution >= 4 is 6.09 Å². The number of amides is 1. The van der Waals surface area contributed by atoms with Gasteiger partial charge in [-0.3, -0.25) is 4.90 Å². The first-order valence-corrected chi connectivity index (χ1v) is 7.39. The Bertz CT molecular complexity index is 286. The van der Waals surface area contributed by atoms with Gasteiger partial charge in [-0.25, -0.2) is 4.79 Å². The molecule has 1 rings (SSSR count). The number of nitrogens with zero attached hydrogens (tertiary/aromatic N) is 1. The topological polar surface area (TPSA) is 38.8 Å². The summed E-state index contributed by atoms with van der Waals surface area (Å²) < 4.78 is 10.9. The van der Waals surface area contributed by atoms with E-state index < -0.39 is 5.60 Å². The summed E-state index contributed by atoms with van der Waals surface area (Å²) in [5.74, 6) is 0.545. The molecule has 1 amide bonds. The van der Waals surface area contributed by atoms with Crippen LogP contribution in [0.2, 0.25) is 0 Å². The molecule has 0 saturated carbocycles. The third kappa shape index (κ3) is 5.39. The number of carbonyl (C=O) groups is 1. The Balaban J connectivity index is 2.50. The fourth-order valence-electron chi connectivity index (χ4n) is 2.51. The van der Waals surface area contributed by atoms with Crippen molar-refractivity contribution in [1.29, 1.82) is 0 Å². The Morgan fingerprint density at radius 1 is 1.32 bits per heavy atom. The Morgan fingerprint density at radius 2 is 2.00 bits per heavy atom. The van der Waals surface area contributed by atoms with Gasteiger partial charge in [-0.1, -0.05) is 26.2 Å². The van der Waals surface area contributed by atoms with Crippen molar-refractivity contribution in [2.24, 2.45) is 5.92 Å². The SMILES string of the molecule is CCCCCC1CC(OC)N(C(=O)OC(C)(C)C)C1. The normalized spacial score (nSPS) is 23.7. The highest BCUT2D eigenvalue weighted by molar-refractivity contribution is 5.68. The van der Waals surface area contributed by atoms with Gasteiger partial charge in [0.1, 0.15) is 11.8 Å². The zero-order chi connectivity index (χ0) is 14.5. The average molecular weight is 271 g/mol. The standard InChI is InChI=1S/C15H29NO3/c1-6-7-8-9-12-10-13(18-5)16(11-12)14(17)19-15(2,3)4/h12-13H,6-11H2,1-5H3. The first-order chi connectivity index (χ1) is 8.87. The summed E-state index contributed by atoms with van der Waals surface area (Å²) in [6.07, 6.45) is 5.46. The second-order valence-corrected chi connectivity index (χ2v) is 6.42. The molecule has 1 aliphatic rings. The van der Waals surface area contributed by atoms with E-state index in [0.717, 1.165) is 13.0 Å². The minimum absolute atomic E-state index is 0.124. The molecule has 1 fully saturated rings. The highest BCUT2D eigenvalue weighted by atomic mass is 16.6. The van der Waals surface area contributed by atoms with E-state index in [1.54, 1.807) is 12.0 Å². The van der Waals surface area contributed by atoms with Crippen LogP contribution in [0.15, 0.2) is 0 Å². The maximum Gasteiger partial charge on any atom is 0.412 e. The largest absolute Gasteiger partial charge is 0.444 e. The van der Waals surface area contributed by atoms with Crippen LogP contribution in [0.5, 0.6) is 0 Å². The summed E-state index contributed by atoms with van der Waals surface area (Å²) in [5, 5.41) is 0. The number of hydrogen-bond donors (Lipinski definition) is 0. The lowest BCUT2D eigenvalue weighted by Crippen LogP contribution is -2.40. The molecule has 19 heavy (non-hydrogen) atoms. The minimum Gasteiger partial charge on any atom is -0.444 e. The summed E-state index contributed by atoms with van der Waals surface area (Å²) in [6, 6.07) is 0. The Hall–Kier alpha value is -0.770. The van der Waals surface area contributed by atoms with Gasteiger partial charge in [-0.05, 0) is 39.5 Å². The van der Waals surface area contributed by atoms with Gasteiger partial charge in [0.05, 0.1) is 0 Å². The Kier molecular flexibility index (Phi) is 6.11. The van der Waals surface area contributed by atoms with Gasteiger partial charge in [0, 0.05) is 13.7 Å².